The van der Waals surface area contributed by atoms with Crippen LogP contribution in [0.15, 0.2) is 84.9 Å². The highest BCUT2D eigenvalue weighted by molar-refractivity contribution is 7.92. The van der Waals surface area contributed by atoms with Crippen LogP contribution in [0.1, 0.15) is 42.3 Å². The molecule has 3 aromatic rings. The summed E-state index contributed by atoms with van der Waals surface area (Å²) in [5.41, 5.74) is 2.18. The maximum Gasteiger partial charge on any atom is 0.244 e. The zero-order chi connectivity index (χ0) is 28.6. The second kappa shape index (κ2) is 13.2. The monoisotopic (exact) mass is 549 g/mol. The summed E-state index contributed by atoms with van der Waals surface area (Å²) in [6.45, 7) is 4.64. The van der Waals surface area contributed by atoms with Gasteiger partial charge in [0.1, 0.15) is 12.6 Å². The lowest BCUT2D eigenvalue weighted by Crippen LogP contribution is -2.54. The van der Waals surface area contributed by atoms with Gasteiger partial charge in [-0.15, -0.1) is 0 Å². The molecule has 0 aliphatic heterocycles. The number of Topliss-reactive ketones (excluding diaryl/α,β-unsaturated/α-hetero) is 1. The number of amides is 2. The first-order valence-electron chi connectivity index (χ1n) is 12.7. The standard InChI is InChI=1S/C30H35N3O5S/c1-22(2)31-30(36)28(18-24-12-7-5-8-13-24)32(20-25-14-9-6-10-15-25)29(35)21-33(39(4,37)38)27-17-11-16-26(19-27)23(3)34/h5-17,19,22,28H,18,20-21H2,1-4H3,(H,31,36). The number of rotatable bonds is 12. The Bertz CT molecular complexity index is 1390. The van der Waals surface area contributed by atoms with Crippen molar-refractivity contribution in [3.63, 3.8) is 0 Å². The average Bonchev–Trinajstić information content (AvgIpc) is 2.89. The van der Waals surface area contributed by atoms with Gasteiger partial charge in [-0.25, -0.2) is 8.42 Å². The van der Waals surface area contributed by atoms with Crippen molar-refractivity contribution in [1.29, 1.82) is 0 Å². The van der Waals surface area contributed by atoms with Crippen molar-refractivity contribution >= 4 is 33.3 Å². The second-order valence-electron chi connectivity index (χ2n) is 9.75. The van der Waals surface area contributed by atoms with E-state index in [2.05, 4.69) is 5.32 Å². The number of anilines is 1. The van der Waals surface area contributed by atoms with Gasteiger partial charge in [0.05, 0.1) is 11.9 Å². The molecule has 3 rings (SSSR count). The number of sulfonamides is 1. The summed E-state index contributed by atoms with van der Waals surface area (Å²) in [4.78, 5) is 40.9. The van der Waals surface area contributed by atoms with E-state index in [-0.39, 0.29) is 36.4 Å². The molecular formula is C30H35N3O5S. The summed E-state index contributed by atoms with van der Waals surface area (Å²) in [7, 11) is -3.91. The van der Waals surface area contributed by atoms with E-state index >= 15 is 0 Å². The molecular weight excluding hydrogens is 514 g/mol. The topological polar surface area (TPSA) is 104 Å². The fourth-order valence-electron chi connectivity index (χ4n) is 4.21. The molecule has 206 valence electrons. The summed E-state index contributed by atoms with van der Waals surface area (Å²) < 4.78 is 26.7. The predicted molar refractivity (Wildman–Crippen MR) is 153 cm³/mol. The maximum absolute atomic E-state index is 14.0. The summed E-state index contributed by atoms with van der Waals surface area (Å²) in [5, 5.41) is 2.92. The number of hydrogen-bond donors (Lipinski definition) is 1. The lowest BCUT2D eigenvalue weighted by atomic mass is 10.0. The maximum atomic E-state index is 14.0. The number of ketones is 1. The minimum Gasteiger partial charge on any atom is -0.352 e. The van der Waals surface area contributed by atoms with Gasteiger partial charge < -0.3 is 10.2 Å². The van der Waals surface area contributed by atoms with E-state index < -0.39 is 28.5 Å². The van der Waals surface area contributed by atoms with Crippen molar-refractivity contribution in [2.45, 2.75) is 45.8 Å². The van der Waals surface area contributed by atoms with Crippen molar-refractivity contribution in [3.8, 4) is 0 Å². The van der Waals surface area contributed by atoms with Crippen LogP contribution in [-0.2, 0) is 32.6 Å². The van der Waals surface area contributed by atoms with Gasteiger partial charge in [-0.2, -0.15) is 0 Å². The molecule has 0 aliphatic carbocycles. The molecule has 0 heterocycles. The number of benzene rings is 3. The first kappa shape index (κ1) is 29.6. The quantitative estimate of drug-likeness (QED) is 0.346. The number of carbonyl (C=O) groups excluding carboxylic acids is 3. The van der Waals surface area contributed by atoms with Crippen LogP contribution in [0.5, 0.6) is 0 Å². The molecule has 9 heteroatoms. The molecule has 8 nitrogen and oxygen atoms in total. The third-order valence-electron chi connectivity index (χ3n) is 6.12. The highest BCUT2D eigenvalue weighted by atomic mass is 32.2. The van der Waals surface area contributed by atoms with E-state index in [4.69, 9.17) is 0 Å². The molecule has 3 aromatic carbocycles. The highest BCUT2D eigenvalue weighted by Gasteiger charge is 2.33. The molecule has 0 bridgehead atoms. The highest BCUT2D eigenvalue weighted by Crippen LogP contribution is 2.22. The van der Waals surface area contributed by atoms with Crippen LogP contribution in [-0.4, -0.2) is 55.8 Å². The lowest BCUT2D eigenvalue weighted by Gasteiger charge is -2.34. The van der Waals surface area contributed by atoms with Crippen LogP contribution < -0.4 is 9.62 Å². The minimum atomic E-state index is -3.91. The Morgan fingerprint density at radius 2 is 1.44 bits per heavy atom. The Hall–Kier alpha value is -3.98. The number of nitrogens with zero attached hydrogens (tertiary/aromatic N) is 2. The van der Waals surface area contributed by atoms with E-state index in [0.29, 0.717) is 5.56 Å². The fraction of sp³-hybridized carbons (Fsp3) is 0.300. The van der Waals surface area contributed by atoms with Gasteiger partial charge in [0.25, 0.3) is 0 Å². The Balaban J connectivity index is 2.05. The van der Waals surface area contributed by atoms with Crippen molar-refractivity contribution in [2.75, 3.05) is 17.1 Å². The Morgan fingerprint density at radius 1 is 0.846 bits per heavy atom. The van der Waals surface area contributed by atoms with Crippen molar-refractivity contribution in [2.24, 2.45) is 0 Å². The number of nitrogens with one attached hydrogen (secondary N) is 1. The van der Waals surface area contributed by atoms with Crippen LogP contribution in [0.3, 0.4) is 0 Å². The second-order valence-corrected chi connectivity index (χ2v) is 11.7. The van der Waals surface area contributed by atoms with E-state index in [1.807, 2.05) is 74.5 Å². The molecule has 2 amide bonds. The molecule has 1 unspecified atom stereocenters. The Labute approximate surface area is 230 Å². The van der Waals surface area contributed by atoms with Crippen LogP contribution in [0.25, 0.3) is 0 Å². The molecule has 0 fully saturated rings. The van der Waals surface area contributed by atoms with Gasteiger partial charge >= 0.3 is 0 Å². The van der Waals surface area contributed by atoms with E-state index in [9.17, 15) is 22.8 Å². The number of carbonyl (C=O) groups is 3. The predicted octanol–water partition coefficient (Wildman–Crippen LogP) is 3.82. The molecule has 1 atom stereocenters. The molecule has 1 N–H and O–H groups in total. The van der Waals surface area contributed by atoms with E-state index in [0.717, 1.165) is 21.7 Å². The van der Waals surface area contributed by atoms with Crippen LogP contribution in [0.4, 0.5) is 5.69 Å². The van der Waals surface area contributed by atoms with Crippen LogP contribution in [0, 0.1) is 0 Å². The Kier molecular flexibility index (Phi) is 10.0. The first-order chi connectivity index (χ1) is 18.5. The van der Waals surface area contributed by atoms with Crippen LogP contribution in [0.2, 0.25) is 0 Å². The lowest BCUT2D eigenvalue weighted by molar-refractivity contribution is -0.140. The van der Waals surface area contributed by atoms with Crippen molar-refractivity contribution < 1.29 is 22.8 Å². The molecule has 39 heavy (non-hydrogen) atoms. The van der Waals surface area contributed by atoms with Gasteiger partial charge in [0, 0.05) is 24.6 Å². The summed E-state index contributed by atoms with van der Waals surface area (Å²) in [5.74, 6) is -1.10. The van der Waals surface area contributed by atoms with Gasteiger partial charge in [0.15, 0.2) is 5.78 Å². The zero-order valence-corrected chi connectivity index (χ0v) is 23.5. The Morgan fingerprint density at radius 3 is 1.97 bits per heavy atom. The third kappa shape index (κ3) is 8.51. The van der Waals surface area contributed by atoms with Gasteiger partial charge in [0.2, 0.25) is 21.8 Å². The number of hydrogen-bond acceptors (Lipinski definition) is 5. The van der Waals surface area contributed by atoms with Crippen molar-refractivity contribution in [1.82, 2.24) is 10.2 Å². The van der Waals surface area contributed by atoms with E-state index in [1.54, 1.807) is 12.1 Å². The average molecular weight is 550 g/mol. The molecule has 0 saturated heterocycles. The van der Waals surface area contributed by atoms with Gasteiger partial charge in [-0.1, -0.05) is 72.8 Å². The van der Waals surface area contributed by atoms with Gasteiger partial charge in [-0.05, 0) is 44.0 Å². The summed E-state index contributed by atoms with van der Waals surface area (Å²) in [6.07, 6.45) is 1.26. The normalized spacial score (nSPS) is 12.0. The van der Waals surface area contributed by atoms with Crippen LogP contribution >= 0.6 is 0 Å². The minimum absolute atomic E-state index is 0.105. The summed E-state index contributed by atoms with van der Waals surface area (Å²) >= 11 is 0. The smallest absolute Gasteiger partial charge is 0.244 e. The molecule has 0 aliphatic rings. The molecule has 0 radical (unpaired) electrons. The fourth-order valence-corrected chi connectivity index (χ4v) is 5.05. The zero-order valence-electron chi connectivity index (χ0n) is 22.7. The molecule has 0 spiro atoms. The van der Waals surface area contributed by atoms with Gasteiger partial charge in [-0.3, -0.25) is 18.7 Å². The molecule has 0 saturated carbocycles. The largest absolute Gasteiger partial charge is 0.352 e. The van der Waals surface area contributed by atoms with Crippen molar-refractivity contribution in [3.05, 3.63) is 102 Å². The summed E-state index contributed by atoms with van der Waals surface area (Å²) in [6, 6.07) is 23.7. The third-order valence-corrected chi connectivity index (χ3v) is 7.26. The first-order valence-corrected chi connectivity index (χ1v) is 14.6. The molecule has 0 aromatic heterocycles. The SMILES string of the molecule is CC(=O)c1cccc(N(CC(=O)N(Cc2ccccc2)C(Cc2ccccc2)C(=O)NC(C)C)S(C)(=O)=O)c1. The van der Waals surface area contributed by atoms with E-state index in [1.165, 1.54) is 24.0 Å².